The molecule has 27 heavy (non-hydrogen) atoms. The van der Waals surface area contributed by atoms with Crippen LogP contribution >= 0.6 is 11.6 Å². The van der Waals surface area contributed by atoms with E-state index in [2.05, 4.69) is 4.98 Å². The Bertz CT molecular complexity index is 1020. The molecule has 0 aliphatic carbocycles. The van der Waals surface area contributed by atoms with Gasteiger partial charge in [-0.05, 0) is 30.7 Å². The maximum atomic E-state index is 12.8. The third kappa shape index (κ3) is 4.26. The van der Waals surface area contributed by atoms with Crippen LogP contribution in [0.15, 0.2) is 65.5 Å². The summed E-state index contributed by atoms with van der Waals surface area (Å²) >= 11 is 6.11. The summed E-state index contributed by atoms with van der Waals surface area (Å²) in [6.07, 6.45) is 0.626. The van der Waals surface area contributed by atoms with Gasteiger partial charge in [-0.1, -0.05) is 48.9 Å². The highest BCUT2D eigenvalue weighted by Gasteiger charge is 2.17. The van der Waals surface area contributed by atoms with Gasteiger partial charge in [0.05, 0.1) is 0 Å². The Labute approximate surface area is 162 Å². The smallest absolute Gasteiger partial charge is 0.254 e. The monoisotopic (exact) mass is 381 g/mol. The highest BCUT2D eigenvalue weighted by atomic mass is 35.5. The lowest BCUT2D eigenvalue weighted by Crippen LogP contribution is -2.35. The number of carbonyl (C=O) groups is 1. The fourth-order valence-corrected chi connectivity index (χ4v) is 2.96. The summed E-state index contributed by atoms with van der Waals surface area (Å²) in [5.41, 5.74) is 1.88. The maximum Gasteiger partial charge on any atom is 0.254 e. The molecule has 5 nitrogen and oxygen atoms in total. The standard InChI is InChI=1S/C21H20ClN3O2/c1-3-17-13-19(26)25(21(23-17)15-8-7-9-16(22)12-15)14-20(27)24(2)18-10-5-4-6-11-18/h4-13H,3,14H2,1-2H3. The highest BCUT2D eigenvalue weighted by Crippen LogP contribution is 2.21. The number of aryl methyl sites for hydroxylation is 1. The molecule has 0 bridgehead atoms. The Morgan fingerprint density at radius 3 is 2.52 bits per heavy atom. The number of anilines is 1. The Hall–Kier alpha value is -2.92. The molecule has 0 unspecified atom stereocenters. The van der Waals surface area contributed by atoms with Crippen molar-refractivity contribution in [1.82, 2.24) is 9.55 Å². The molecule has 2 aromatic carbocycles. The molecule has 0 aliphatic heterocycles. The van der Waals surface area contributed by atoms with Crippen LogP contribution in [0.2, 0.25) is 5.02 Å². The lowest BCUT2D eigenvalue weighted by molar-refractivity contribution is -0.118. The molecule has 0 N–H and O–H groups in total. The van der Waals surface area contributed by atoms with E-state index in [-0.39, 0.29) is 18.0 Å². The topological polar surface area (TPSA) is 55.2 Å². The molecule has 0 aliphatic rings. The van der Waals surface area contributed by atoms with E-state index in [1.54, 1.807) is 25.2 Å². The zero-order valence-corrected chi connectivity index (χ0v) is 16.0. The average Bonchev–Trinajstić information content (AvgIpc) is 2.69. The van der Waals surface area contributed by atoms with Gasteiger partial charge >= 0.3 is 0 Å². The van der Waals surface area contributed by atoms with Crippen LogP contribution in [0.25, 0.3) is 11.4 Å². The molecular formula is C21H20ClN3O2. The lowest BCUT2D eigenvalue weighted by atomic mass is 10.2. The molecule has 1 aromatic heterocycles. The van der Waals surface area contributed by atoms with Crippen LogP contribution in [0, 0.1) is 0 Å². The molecule has 3 aromatic rings. The van der Waals surface area contributed by atoms with Gasteiger partial charge in [0.2, 0.25) is 5.91 Å². The minimum absolute atomic E-state index is 0.108. The number of amides is 1. The van der Waals surface area contributed by atoms with Crippen LogP contribution in [0.4, 0.5) is 5.69 Å². The molecule has 6 heteroatoms. The van der Waals surface area contributed by atoms with Crippen molar-refractivity contribution in [2.75, 3.05) is 11.9 Å². The van der Waals surface area contributed by atoms with Gasteiger partial charge < -0.3 is 4.90 Å². The normalized spacial score (nSPS) is 10.6. The zero-order chi connectivity index (χ0) is 19.4. The number of para-hydroxylation sites is 1. The Morgan fingerprint density at radius 1 is 1.11 bits per heavy atom. The van der Waals surface area contributed by atoms with E-state index < -0.39 is 0 Å². The number of hydrogen-bond donors (Lipinski definition) is 0. The summed E-state index contributed by atoms with van der Waals surface area (Å²) in [7, 11) is 1.69. The van der Waals surface area contributed by atoms with Crippen molar-refractivity contribution in [2.24, 2.45) is 0 Å². The minimum atomic E-state index is -0.258. The third-order valence-corrected chi connectivity index (χ3v) is 4.55. The second-order valence-electron chi connectivity index (χ2n) is 6.15. The third-order valence-electron chi connectivity index (χ3n) is 4.32. The number of likely N-dealkylation sites (N-methyl/N-ethyl adjacent to an activating group) is 1. The first-order valence-electron chi connectivity index (χ1n) is 8.68. The van der Waals surface area contributed by atoms with E-state index in [0.717, 1.165) is 5.69 Å². The number of aromatic nitrogens is 2. The number of carbonyl (C=O) groups excluding carboxylic acids is 1. The number of nitrogens with zero attached hydrogens (tertiary/aromatic N) is 3. The average molecular weight is 382 g/mol. The minimum Gasteiger partial charge on any atom is -0.314 e. The van der Waals surface area contributed by atoms with Crippen LogP contribution < -0.4 is 10.5 Å². The molecule has 0 atom stereocenters. The van der Waals surface area contributed by atoms with Gasteiger partial charge in [0.25, 0.3) is 5.56 Å². The van der Waals surface area contributed by atoms with Gasteiger partial charge in [0.1, 0.15) is 12.4 Å². The Kier molecular flexibility index (Phi) is 5.72. The Balaban J connectivity index is 2.02. The van der Waals surface area contributed by atoms with Gasteiger partial charge in [0, 0.05) is 35.1 Å². The van der Waals surface area contributed by atoms with E-state index >= 15 is 0 Å². The van der Waals surface area contributed by atoms with Gasteiger partial charge in [-0.25, -0.2) is 4.98 Å². The predicted molar refractivity (Wildman–Crippen MR) is 108 cm³/mol. The van der Waals surface area contributed by atoms with Crippen LogP contribution in [0.5, 0.6) is 0 Å². The number of benzene rings is 2. The zero-order valence-electron chi connectivity index (χ0n) is 15.2. The van der Waals surface area contributed by atoms with E-state index in [9.17, 15) is 9.59 Å². The van der Waals surface area contributed by atoms with Gasteiger partial charge in [-0.15, -0.1) is 0 Å². The van der Waals surface area contributed by atoms with E-state index in [4.69, 9.17) is 11.6 Å². The second kappa shape index (κ2) is 8.18. The summed E-state index contributed by atoms with van der Waals surface area (Å²) in [4.78, 5) is 31.6. The fraction of sp³-hybridized carbons (Fsp3) is 0.190. The van der Waals surface area contributed by atoms with Crippen LogP contribution in [0.3, 0.4) is 0 Å². The van der Waals surface area contributed by atoms with E-state index in [1.165, 1.54) is 15.5 Å². The maximum absolute atomic E-state index is 12.8. The Morgan fingerprint density at radius 2 is 1.85 bits per heavy atom. The molecule has 0 saturated heterocycles. The van der Waals surface area contributed by atoms with Crippen LogP contribution in [-0.2, 0) is 17.8 Å². The molecule has 1 amide bonds. The quantitative estimate of drug-likeness (QED) is 0.675. The van der Waals surface area contributed by atoms with Gasteiger partial charge in [0.15, 0.2) is 0 Å². The highest BCUT2D eigenvalue weighted by molar-refractivity contribution is 6.30. The second-order valence-corrected chi connectivity index (χ2v) is 6.58. The molecule has 0 fully saturated rings. The fourth-order valence-electron chi connectivity index (χ4n) is 2.77. The summed E-state index contributed by atoms with van der Waals surface area (Å²) in [5, 5.41) is 0.544. The van der Waals surface area contributed by atoms with Gasteiger partial charge in [-0.2, -0.15) is 0 Å². The van der Waals surface area contributed by atoms with Crippen molar-refractivity contribution in [1.29, 1.82) is 0 Å². The van der Waals surface area contributed by atoms with Crippen molar-refractivity contribution in [3.63, 3.8) is 0 Å². The molecule has 3 rings (SSSR count). The van der Waals surface area contributed by atoms with Crippen molar-refractivity contribution in [3.05, 3.63) is 81.7 Å². The van der Waals surface area contributed by atoms with Crippen molar-refractivity contribution >= 4 is 23.2 Å². The number of hydrogen-bond acceptors (Lipinski definition) is 3. The summed E-state index contributed by atoms with van der Waals surface area (Å²) < 4.78 is 1.40. The first-order chi connectivity index (χ1) is 13.0. The van der Waals surface area contributed by atoms with Crippen LogP contribution in [-0.4, -0.2) is 22.5 Å². The first-order valence-corrected chi connectivity index (χ1v) is 9.05. The number of rotatable bonds is 5. The molecule has 0 saturated carbocycles. The van der Waals surface area contributed by atoms with E-state index in [1.807, 2.05) is 43.3 Å². The molecule has 0 spiro atoms. The largest absolute Gasteiger partial charge is 0.314 e. The van der Waals surface area contributed by atoms with Crippen molar-refractivity contribution < 1.29 is 4.79 Å². The molecule has 1 heterocycles. The van der Waals surface area contributed by atoms with Crippen molar-refractivity contribution in [2.45, 2.75) is 19.9 Å². The number of halogens is 1. The summed E-state index contributed by atoms with van der Waals surface area (Å²) in [5.74, 6) is 0.231. The first kappa shape index (κ1) is 18.9. The van der Waals surface area contributed by atoms with Crippen molar-refractivity contribution in [3.8, 4) is 11.4 Å². The molecular weight excluding hydrogens is 362 g/mol. The van der Waals surface area contributed by atoms with E-state index in [0.29, 0.717) is 28.5 Å². The molecule has 138 valence electrons. The lowest BCUT2D eigenvalue weighted by Gasteiger charge is -2.19. The predicted octanol–water partition coefficient (Wildman–Crippen LogP) is 3.79. The van der Waals surface area contributed by atoms with Crippen LogP contribution in [0.1, 0.15) is 12.6 Å². The molecule has 0 radical (unpaired) electrons. The summed E-state index contributed by atoms with van der Waals surface area (Å²) in [6.45, 7) is 1.82. The van der Waals surface area contributed by atoms with Gasteiger partial charge in [-0.3, -0.25) is 14.2 Å². The SMILES string of the molecule is CCc1cc(=O)n(CC(=O)N(C)c2ccccc2)c(-c2cccc(Cl)c2)n1. The summed E-state index contributed by atoms with van der Waals surface area (Å²) in [6, 6.07) is 17.9.